The van der Waals surface area contributed by atoms with Crippen molar-refractivity contribution in [2.24, 2.45) is 0 Å². The average molecular weight is 581 g/mol. The van der Waals surface area contributed by atoms with Gasteiger partial charge in [-0.15, -0.1) is 11.8 Å². The number of thioether (sulfide) groups is 1. The molecule has 1 unspecified atom stereocenters. The Kier molecular flexibility index (Phi) is 8.04. The van der Waals surface area contributed by atoms with Gasteiger partial charge in [0, 0.05) is 41.2 Å². The third kappa shape index (κ3) is 5.61. The molecule has 2 heterocycles. The van der Waals surface area contributed by atoms with Crippen LogP contribution in [0.15, 0.2) is 146 Å². The number of nitrogens with zero attached hydrogens (tertiary/aromatic N) is 1. The van der Waals surface area contributed by atoms with Gasteiger partial charge in [-0.2, -0.15) is 0 Å². The summed E-state index contributed by atoms with van der Waals surface area (Å²) >= 11 is 2.07. The number of H-pyrrole nitrogens is 1. The third-order valence-corrected chi connectivity index (χ3v) is 9.89. The minimum Gasteiger partial charge on any atom is -0.493 e. The number of ether oxygens (including phenoxy) is 1. The highest BCUT2D eigenvalue weighted by Gasteiger charge is 2.45. The van der Waals surface area contributed by atoms with E-state index in [1.54, 1.807) is 0 Å². The summed E-state index contributed by atoms with van der Waals surface area (Å²) in [6.07, 6.45) is 4.01. The Morgan fingerprint density at radius 1 is 0.698 bits per heavy atom. The van der Waals surface area contributed by atoms with E-state index in [1.165, 1.54) is 38.7 Å². The quantitative estimate of drug-likeness (QED) is 0.164. The van der Waals surface area contributed by atoms with Crippen LogP contribution in [0.5, 0.6) is 5.75 Å². The van der Waals surface area contributed by atoms with E-state index in [-0.39, 0.29) is 5.54 Å². The predicted octanol–water partition coefficient (Wildman–Crippen LogP) is 8.70. The number of rotatable bonds is 10. The lowest BCUT2D eigenvalue weighted by Gasteiger charge is -2.43. The summed E-state index contributed by atoms with van der Waals surface area (Å²) in [7, 11) is 0. The molecule has 0 aliphatic carbocycles. The molecule has 1 saturated heterocycles. The summed E-state index contributed by atoms with van der Waals surface area (Å²) in [5, 5.41) is 1.78. The molecule has 1 atom stereocenters. The summed E-state index contributed by atoms with van der Waals surface area (Å²) in [5.41, 5.74) is 7.40. The molecule has 3 nitrogen and oxygen atoms in total. The monoisotopic (exact) mass is 580 g/mol. The van der Waals surface area contributed by atoms with E-state index in [1.807, 2.05) is 0 Å². The molecule has 0 bridgehead atoms. The predicted molar refractivity (Wildman–Crippen MR) is 180 cm³/mol. The SMILES string of the molecule is c1ccc(C(c2ccccc2)(c2ccccc2)N2CSC(Cc3ccc(OCCc4c[nH]c5ccccc45)cc3)C2)cc1. The molecule has 0 amide bonds. The molecular formula is C39H36N2OS. The van der Waals surface area contributed by atoms with Crippen molar-refractivity contribution < 1.29 is 4.74 Å². The molecular weight excluding hydrogens is 545 g/mol. The van der Waals surface area contributed by atoms with E-state index < -0.39 is 0 Å². The Hall–Kier alpha value is -4.25. The molecule has 4 heteroatoms. The van der Waals surface area contributed by atoms with Crippen molar-refractivity contribution >= 4 is 22.7 Å². The van der Waals surface area contributed by atoms with Gasteiger partial charge in [-0.25, -0.2) is 0 Å². The van der Waals surface area contributed by atoms with E-state index in [9.17, 15) is 0 Å². The first-order chi connectivity index (χ1) is 21.3. The summed E-state index contributed by atoms with van der Waals surface area (Å²) in [6.45, 7) is 1.67. The summed E-state index contributed by atoms with van der Waals surface area (Å²) in [4.78, 5) is 6.04. The zero-order chi connectivity index (χ0) is 28.9. The van der Waals surface area contributed by atoms with Crippen LogP contribution in [0.3, 0.4) is 0 Å². The average Bonchev–Trinajstić information content (AvgIpc) is 3.71. The highest BCUT2D eigenvalue weighted by Crippen LogP contribution is 2.46. The Morgan fingerprint density at radius 2 is 1.28 bits per heavy atom. The van der Waals surface area contributed by atoms with Gasteiger partial charge in [0.25, 0.3) is 0 Å². The largest absolute Gasteiger partial charge is 0.493 e. The Bertz CT molecular complexity index is 1650. The molecule has 1 fully saturated rings. The Morgan fingerprint density at radius 3 is 1.91 bits per heavy atom. The minimum atomic E-state index is -0.353. The van der Waals surface area contributed by atoms with Crippen LogP contribution < -0.4 is 4.74 Å². The van der Waals surface area contributed by atoms with E-state index in [0.717, 1.165) is 31.0 Å². The van der Waals surface area contributed by atoms with Gasteiger partial charge in [-0.3, -0.25) is 4.90 Å². The number of hydrogen-bond donors (Lipinski definition) is 1. The number of benzene rings is 5. The summed E-state index contributed by atoms with van der Waals surface area (Å²) in [6, 6.07) is 50.2. The molecule has 5 aromatic carbocycles. The summed E-state index contributed by atoms with van der Waals surface area (Å²) in [5.74, 6) is 1.90. The van der Waals surface area contributed by atoms with Crippen LogP contribution >= 0.6 is 11.8 Å². The van der Waals surface area contributed by atoms with Crippen LogP contribution in [-0.2, 0) is 18.4 Å². The van der Waals surface area contributed by atoms with Crippen molar-refractivity contribution in [3.05, 3.63) is 174 Å². The van der Waals surface area contributed by atoms with Gasteiger partial charge < -0.3 is 9.72 Å². The van der Waals surface area contributed by atoms with Crippen molar-refractivity contribution in [2.75, 3.05) is 19.0 Å². The van der Waals surface area contributed by atoms with Gasteiger partial charge in [-0.05, 0) is 52.4 Å². The van der Waals surface area contributed by atoms with Crippen LogP contribution in [0.4, 0.5) is 0 Å². The second-order valence-electron chi connectivity index (χ2n) is 11.3. The van der Waals surface area contributed by atoms with E-state index >= 15 is 0 Å². The highest BCUT2D eigenvalue weighted by molar-refractivity contribution is 8.00. The van der Waals surface area contributed by atoms with Crippen LogP contribution in [0.1, 0.15) is 27.8 Å². The van der Waals surface area contributed by atoms with Crippen molar-refractivity contribution in [1.29, 1.82) is 0 Å². The van der Waals surface area contributed by atoms with Crippen molar-refractivity contribution in [2.45, 2.75) is 23.6 Å². The lowest BCUT2D eigenvalue weighted by Crippen LogP contribution is -2.47. The molecule has 0 saturated carbocycles. The molecule has 0 radical (unpaired) electrons. The van der Waals surface area contributed by atoms with Gasteiger partial charge in [0.2, 0.25) is 0 Å². The minimum absolute atomic E-state index is 0.353. The number of nitrogens with one attached hydrogen (secondary N) is 1. The highest BCUT2D eigenvalue weighted by atomic mass is 32.2. The molecule has 7 rings (SSSR count). The van der Waals surface area contributed by atoms with Gasteiger partial charge in [-0.1, -0.05) is 121 Å². The topological polar surface area (TPSA) is 28.3 Å². The number of fused-ring (bicyclic) bond motifs is 1. The second-order valence-corrected chi connectivity index (χ2v) is 12.5. The van der Waals surface area contributed by atoms with Gasteiger partial charge >= 0.3 is 0 Å². The van der Waals surface area contributed by atoms with Crippen molar-refractivity contribution in [1.82, 2.24) is 9.88 Å². The molecule has 43 heavy (non-hydrogen) atoms. The zero-order valence-electron chi connectivity index (χ0n) is 24.2. The number of aromatic nitrogens is 1. The fourth-order valence-electron chi connectivity index (χ4n) is 6.59. The van der Waals surface area contributed by atoms with E-state index in [4.69, 9.17) is 4.74 Å². The van der Waals surface area contributed by atoms with Gasteiger partial charge in [0.15, 0.2) is 0 Å². The first-order valence-corrected chi connectivity index (χ1v) is 16.2. The zero-order valence-corrected chi connectivity index (χ0v) is 25.0. The molecule has 1 aliphatic rings. The lowest BCUT2D eigenvalue weighted by molar-refractivity contribution is 0.202. The standard InChI is InChI=1S/C39H36N2OS/c1-4-12-32(13-5-1)39(33-14-6-2-7-15-33,34-16-8-3-9-17-34)41-28-36(43-29-41)26-30-20-22-35(23-21-30)42-25-24-31-27-40-38-19-11-10-18-37(31)38/h1-23,27,36,40H,24-26,28-29H2. The van der Waals surface area contributed by atoms with Crippen LogP contribution in [-0.4, -0.2) is 34.2 Å². The van der Waals surface area contributed by atoms with Crippen LogP contribution in [0, 0.1) is 0 Å². The first kappa shape index (κ1) is 27.6. The van der Waals surface area contributed by atoms with Crippen LogP contribution in [0.25, 0.3) is 10.9 Å². The Balaban J connectivity index is 1.06. The van der Waals surface area contributed by atoms with Gasteiger partial charge in [0.05, 0.1) is 12.1 Å². The second kappa shape index (κ2) is 12.5. The first-order valence-electron chi connectivity index (χ1n) is 15.1. The smallest absolute Gasteiger partial charge is 0.119 e. The normalized spacial score (nSPS) is 15.6. The lowest BCUT2D eigenvalue weighted by atomic mass is 9.75. The van der Waals surface area contributed by atoms with E-state index in [0.29, 0.717) is 11.9 Å². The molecule has 1 aromatic heterocycles. The van der Waals surface area contributed by atoms with Crippen molar-refractivity contribution in [3.8, 4) is 5.75 Å². The Labute approximate surface area is 258 Å². The van der Waals surface area contributed by atoms with Crippen LogP contribution in [0.2, 0.25) is 0 Å². The number of aromatic amines is 1. The molecule has 1 N–H and O–H groups in total. The van der Waals surface area contributed by atoms with E-state index in [2.05, 4.69) is 167 Å². The molecule has 1 aliphatic heterocycles. The fourth-order valence-corrected chi connectivity index (χ4v) is 7.88. The van der Waals surface area contributed by atoms with Gasteiger partial charge in [0.1, 0.15) is 5.75 Å². The number of hydrogen-bond acceptors (Lipinski definition) is 3. The molecule has 214 valence electrons. The maximum absolute atomic E-state index is 6.13. The third-order valence-electron chi connectivity index (χ3n) is 8.64. The molecule has 0 spiro atoms. The molecule has 6 aromatic rings. The summed E-state index contributed by atoms with van der Waals surface area (Å²) < 4.78 is 6.13. The maximum Gasteiger partial charge on any atom is 0.119 e. The maximum atomic E-state index is 6.13. The van der Waals surface area contributed by atoms with Crippen molar-refractivity contribution in [3.63, 3.8) is 0 Å². The fraction of sp³-hybridized carbons (Fsp3) is 0.179. The number of para-hydroxylation sites is 1.